The fraction of sp³-hybridized carbons (Fsp3) is 0.368. The van der Waals surface area contributed by atoms with Crippen LogP contribution in [0.1, 0.15) is 17.1 Å². The van der Waals surface area contributed by atoms with Gasteiger partial charge in [0.05, 0.1) is 5.39 Å². The second kappa shape index (κ2) is 7.06. The highest BCUT2D eigenvalue weighted by Gasteiger charge is 2.18. The van der Waals surface area contributed by atoms with E-state index in [1.54, 1.807) is 16.7 Å². The molecule has 132 valence electrons. The van der Waals surface area contributed by atoms with E-state index in [-0.39, 0.29) is 11.4 Å². The molecular weight excluding hydrogens is 337 g/mol. The topological polar surface area (TPSA) is 38.1 Å². The Balaban J connectivity index is 2.14. The number of aromatic nitrogens is 2. The summed E-state index contributed by atoms with van der Waals surface area (Å²) in [6.45, 7) is 5.42. The Bertz CT molecular complexity index is 957. The van der Waals surface area contributed by atoms with E-state index < -0.39 is 0 Å². The van der Waals surface area contributed by atoms with Crippen molar-refractivity contribution in [2.75, 3.05) is 20.6 Å². The highest BCUT2D eigenvalue weighted by molar-refractivity contribution is 7.19. The molecule has 0 spiro atoms. The number of nitrogens with zero attached hydrogens (tertiary/aromatic N) is 3. The largest absolute Gasteiger partial charge is 0.309 e. The average Bonchev–Trinajstić information content (AvgIpc) is 2.87. The number of thiophene rings is 1. The maximum Gasteiger partial charge on any atom is 0.262 e. The Morgan fingerprint density at radius 2 is 1.88 bits per heavy atom. The number of benzene rings is 1. The Hall–Kier alpha value is -2.05. The summed E-state index contributed by atoms with van der Waals surface area (Å²) in [6.07, 6.45) is 0.885. The van der Waals surface area contributed by atoms with E-state index in [9.17, 15) is 9.18 Å². The lowest BCUT2D eigenvalue weighted by molar-refractivity contribution is 0.383. The molecule has 0 atom stereocenters. The summed E-state index contributed by atoms with van der Waals surface area (Å²) < 4.78 is 15.0. The van der Waals surface area contributed by atoms with Gasteiger partial charge in [-0.1, -0.05) is 12.1 Å². The third-order valence-electron chi connectivity index (χ3n) is 4.30. The minimum atomic E-state index is -0.281. The molecule has 0 N–H and O–H groups in total. The molecule has 0 bridgehead atoms. The number of aryl methyl sites for hydroxylation is 2. The molecule has 0 radical (unpaired) electrons. The van der Waals surface area contributed by atoms with Crippen molar-refractivity contribution >= 4 is 21.6 Å². The van der Waals surface area contributed by atoms with Gasteiger partial charge in [0.2, 0.25) is 0 Å². The number of hydrogen-bond acceptors (Lipinski definition) is 4. The highest BCUT2D eigenvalue weighted by atomic mass is 32.1. The SMILES string of the molecule is Cc1sc2nc(C)n(CCCN(C)C)c(=O)c2c1-c1ccc(F)cc1. The summed E-state index contributed by atoms with van der Waals surface area (Å²) in [5.74, 6) is 0.458. The zero-order valence-electron chi connectivity index (χ0n) is 15.0. The molecular formula is C19H22FN3OS. The molecule has 0 aliphatic rings. The molecule has 1 aromatic carbocycles. The Morgan fingerprint density at radius 3 is 2.52 bits per heavy atom. The van der Waals surface area contributed by atoms with Gasteiger partial charge in [0.25, 0.3) is 5.56 Å². The molecule has 25 heavy (non-hydrogen) atoms. The second-order valence-electron chi connectivity index (χ2n) is 6.49. The molecule has 0 amide bonds. The van der Waals surface area contributed by atoms with Crippen LogP contribution in [0.2, 0.25) is 0 Å². The molecule has 2 aromatic heterocycles. The van der Waals surface area contributed by atoms with E-state index in [0.717, 1.165) is 39.6 Å². The van der Waals surface area contributed by atoms with E-state index in [2.05, 4.69) is 9.88 Å². The minimum absolute atomic E-state index is 0.00932. The van der Waals surface area contributed by atoms with Gasteiger partial charge in [0, 0.05) is 17.0 Å². The number of halogens is 1. The maximum absolute atomic E-state index is 13.3. The van der Waals surface area contributed by atoms with Crippen LogP contribution < -0.4 is 5.56 Å². The van der Waals surface area contributed by atoms with Gasteiger partial charge in [-0.3, -0.25) is 9.36 Å². The van der Waals surface area contributed by atoms with Crippen LogP contribution in [-0.4, -0.2) is 35.1 Å². The molecule has 6 heteroatoms. The summed E-state index contributed by atoms with van der Waals surface area (Å²) in [6, 6.07) is 6.30. The van der Waals surface area contributed by atoms with Crippen molar-refractivity contribution in [2.45, 2.75) is 26.8 Å². The van der Waals surface area contributed by atoms with E-state index in [1.165, 1.54) is 23.5 Å². The number of hydrogen-bond donors (Lipinski definition) is 0. The quantitative estimate of drug-likeness (QED) is 0.695. The van der Waals surface area contributed by atoms with Crippen LogP contribution in [0.3, 0.4) is 0 Å². The van der Waals surface area contributed by atoms with Crippen molar-refractivity contribution in [3.63, 3.8) is 0 Å². The number of fused-ring (bicyclic) bond motifs is 1. The summed E-state index contributed by atoms with van der Waals surface area (Å²) in [5.41, 5.74) is 1.72. The van der Waals surface area contributed by atoms with Crippen molar-refractivity contribution in [2.24, 2.45) is 0 Å². The van der Waals surface area contributed by atoms with Crippen LogP contribution in [0.25, 0.3) is 21.3 Å². The lowest BCUT2D eigenvalue weighted by atomic mass is 10.0. The van der Waals surface area contributed by atoms with Gasteiger partial charge in [0.1, 0.15) is 16.5 Å². The van der Waals surface area contributed by atoms with Gasteiger partial charge >= 0.3 is 0 Å². The Labute approximate surface area is 150 Å². The first-order chi connectivity index (χ1) is 11.9. The Morgan fingerprint density at radius 1 is 1.20 bits per heavy atom. The van der Waals surface area contributed by atoms with Crippen LogP contribution in [0, 0.1) is 19.7 Å². The monoisotopic (exact) mass is 359 g/mol. The maximum atomic E-state index is 13.3. The first-order valence-corrected chi connectivity index (χ1v) is 9.11. The Kier molecular flexibility index (Phi) is 5.01. The summed E-state index contributed by atoms with van der Waals surface area (Å²) >= 11 is 1.52. The van der Waals surface area contributed by atoms with Gasteiger partial charge in [-0.2, -0.15) is 0 Å². The molecule has 0 aliphatic carbocycles. The lowest BCUT2D eigenvalue weighted by Crippen LogP contribution is -2.25. The van der Waals surface area contributed by atoms with Crippen LogP contribution in [0.4, 0.5) is 4.39 Å². The van der Waals surface area contributed by atoms with Crippen molar-refractivity contribution in [3.8, 4) is 11.1 Å². The summed E-state index contributed by atoms with van der Waals surface area (Å²) in [4.78, 5) is 21.7. The first kappa shape index (κ1) is 17.8. The van der Waals surface area contributed by atoms with Crippen LogP contribution >= 0.6 is 11.3 Å². The predicted molar refractivity (Wildman–Crippen MR) is 102 cm³/mol. The molecule has 0 fully saturated rings. The van der Waals surface area contributed by atoms with Gasteiger partial charge in [-0.15, -0.1) is 11.3 Å². The molecule has 3 aromatic rings. The zero-order valence-corrected chi connectivity index (χ0v) is 15.8. The molecule has 0 aliphatic heterocycles. The van der Waals surface area contributed by atoms with Crippen molar-refractivity contribution in [1.82, 2.24) is 14.5 Å². The molecule has 4 nitrogen and oxygen atoms in total. The van der Waals surface area contributed by atoms with Crippen molar-refractivity contribution in [3.05, 3.63) is 51.1 Å². The van der Waals surface area contributed by atoms with E-state index in [4.69, 9.17) is 0 Å². The average molecular weight is 359 g/mol. The summed E-state index contributed by atoms with van der Waals surface area (Å²) in [7, 11) is 4.04. The molecule has 3 rings (SSSR count). The molecule has 0 unspecified atom stereocenters. The van der Waals surface area contributed by atoms with Gasteiger partial charge < -0.3 is 4.90 Å². The van der Waals surface area contributed by atoms with Gasteiger partial charge in [0.15, 0.2) is 0 Å². The van der Waals surface area contributed by atoms with E-state index in [0.29, 0.717) is 11.9 Å². The van der Waals surface area contributed by atoms with Crippen LogP contribution in [0.15, 0.2) is 29.1 Å². The predicted octanol–water partition coefficient (Wildman–Crippen LogP) is 3.83. The van der Waals surface area contributed by atoms with Crippen LogP contribution in [-0.2, 0) is 6.54 Å². The van der Waals surface area contributed by atoms with Gasteiger partial charge in [-0.25, -0.2) is 9.37 Å². The van der Waals surface area contributed by atoms with E-state index >= 15 is 0 Å². The van der Waals surface area contributed by atoms with Crippen molar-refractivity contribution < 1.29 is 4.39 Å². The minimum Gasteiger partial charge on any atom is -0.309 e. The lowest BCUT2D eigenvalue weighted by Gasteiger charge is -2.13. The van der Waals surface area contributed by atoms with Crippen molar-refractivity contribution in [1.29, 1.82) is 0 Å². The fourth-order valence-electron chi connectivity index (χ4n) is 3.07. The fourth-order valence-corrected chi connectivity index (χ4v) is 4.15. The second-order valence-corrected chi connectivity index (χ2v) is 7.70. The number of rotatable bonds is 5. The standard InChI is InChI=1S/C19H22FN3OS/c1-12-16(14-6-8-15(20)9-7-14)17-18(25-12)21-13(2)23(19(17)24)11-5-10-22(3)4/h6-9H,5,10-11H2,1-4H3. The normalized spacial score (nSPS) is 11.6. The third kappa shape index (κ3) is 3.50. The first-order valence-electron chi connectivity index (χ1n) is 8.29. The highest BCUT2D eigenvalue weighted by Crippen LogP contribution is 2.35. The third-order valence-corrected chi connectivity index (χ3v) is 5.30. The molecule has 0 saturated heterocycles. The van der Waals surface area contributed by atoms with E-state index in [1.807, 2.05) is 27.9 Å². The summed E-state index contributed by atoms with van der Waals surface area (Å²) in [5, 5.41) is 0.643. The smallest absolute Gasteiger partial charge is 0.262 e. The van der Waals surface area contributed by atoms with Gasteiger partial charge in [-0.05, 0) is 58.6 Å². The molecule has 0 saturated carbocycles. The molecule has 2 heterocycles. The zero-order chi connectivity index (χ0) is 18.1. The van der Waals surface area contributed by atoms with Crippen LogP contribution in [0.5, 0.6) is 0 Å².